The van der Waals surface area contributed by atoms with E-state index in [-0.39, 0.29) is 0 Å². The van der Waals surface area contributed by atoms with Crippen molar-refractivity contribution in [1.29, 1.82) is 0 Å². The second-order valence-corrected chi connectivity index (χ2v) is 8.16. The Kier molecular flexibility index (Phi) is 5.64. The molecule has 1 aliphatic rings. The minimum absolute atomic E-state index is 0.649. The molecule has 0 radical (unpaired) electrons. The van der Waals surface area contributed by atoms with E-state index >= 15 is 0 Å². The number of aromatic amines is 1. The molecule has 5 rings (SSSR count). The largest absolute Gasteiger partial charge is 0.369 e. The fraction of sp³-hybridized carbons (Fsp3) is 0.348. The number of rotatable bonds is 6. The molecular formula is C23H27N9. The highest BCUT2D eigenvalue weighted by Gasteiger charge is 2.15. The molecule has 0 saturated carbocycles. The molecule has 0 amide bonds. The van der Waals surface area contributed by atoms with Gasteiger partial charge in [0.2, 0.25) is 0 Å². The van der Waals surface area contributed by atoms with Crippen LogP contribution in [0.2, 0.25) is 0 Å². The van der Waals surface area contributed by atoms with Gasteiger partial charge in [0.1, 0.15) is 5.52 Å². The van der Waals surface area contributed by atoms with Crippen molar-refractivity contribution in [3.63, 3.8) is 0 Å². The zero-order valence-electron chi connectivity index (χ0n) is 18.4. The van der Waals surface area contributed by atoms with Crippen LogP contribution in [0.4, 0.5) is 11.5 Å². The lowest BCUT2D eigenvalue weighted by Crippen LogP contribution is -2.44. The zero-order chi connectivity index (χ0) is 21.9. The summed E-state index contributed by atoms with van der Waals surface area (Å²) in [6.07, 6.45) is 6.01. The van der Waals surface area contributed by atoms with Crippen molar-refractivity contribution < 1.29 is 0 Å². The first-order valence-electron chi connectivity index (χ1n) is 10.9. The first-order chi connectivity index (χ1) is 15.7. The van der Waals surface area contributed by atoms with Gasteiger partial charge in [-0.1, -0.05) is 0 Å². The van der Waals surface area contributed by atoms with E-state index in [9.17, 15) is 0 Å². The normalized spacial score (nSPS) is 14.8. The Morgan fingerprint density at radius 2 is 1.78 bits per heavy atom. The van der Waals surface area contributed by atoms with Crippen molar-refractivity contribution in [3.05, 3.63) is 54.4 Å². The lowest BCUT2D eigenvalue weighted by Gasteiger charge is -2.34. The summed E-state index contributed by atoms with van der Waals surface area (Å²) >= 11 is 0. The van der Waals surface area contributed by atoms with E-state index in [0.29, 0.717) is 18.0 Å². The Hall–Kier alpha value is -3.59. The SMILES string of the molecule is Cc1cnc(CCNc2nc(-c3ccc(N4CCN(C)CC4)cc3)nc3nc[nH]c23)cn1. The minimum Gasteiger partial charge on any atom is -0.369 e. The van der Waals surface area contributed by atoms with Crippen molar-refractivity contribution in [1.82, 2.24) is 34.8 Å². The number of fused-ring (bicyclic) bond motifs is 1. The Morgan fingerprint density at radius 3 is 2.53 bits per heavy atom. The summed E-state index contributed by atoms with van der Waals surface area (Å²) in [5.74, 6) is 1.40. The van der Waals surface area contributed by atoms with Gasteiger partial charge >= 0.3 is 0 Å². The maximum absolute atomic E-state index is 4.79. The standard InChI is InChI=1S/C23H27N9/c1-16-13-26-18(14-25-16)7-8-24-22-20-23(28-15-27-20)30-21(29-22)17-3-5-19(6-4-17)32-11-9-31(2)10-12-32/h3-6,13-15H,7-12H2,1-2H3,(H2,24,27,28,29,30). The van der Waals surface area contributed by atoms with Crippen molar-refractivity contribution in [2.24, 2.45) is 0 Å². The third-order valence-corrected chi connectivity index (χ3v) is 5.79. The summed E-state index contributed by atoms with van der Waals surface area (Å²) in [7, 11) is 2.17. The number of piperazine rings is 1. The Balaban J connectivity index is 1.33. The highest BCUT2D eigenvalue weighted by Crippen LogP contribution is 2.25. The number of hydrogen-bond donors (Lipinski definition) is 2. The van der Waals surface area contributed by atoms with E-state index in [0.717, 1.165) is 60.9 Å². The number of anilines is 2. The number of likely N-dealkylation sites (N-methyl/N-ethyl adjacent to an activating group) is 1. The number of aryl methyl sites for hydroxylation is 1. The molecule has 4 heterocycles. The molecule has 0 aliphatic carbocycles. The molecule has 1 saturated heterocycles. The second-order valence-electron chi connectivity index (χ2n) is 8.16. The number of H-pyrrole nitrogens is 1. The van der Waals surface area contributed by atoms with Crippen molar-refractivity contribution in [2.75, 3.05) is 50.0 Å². The second kappa shape index (κ2) is 8.88. The van der Waals surface area contributed by atoms with Crippen molar-refractivity contribution >= 4 is 22.7 Å². The third-order valence-electron chi connectivity index (χ3n) is 5.79. The number of benzene rings is 1. The van der Waals surface area contributed by atoms with Crippen LogP contribution in [0.15, 0.2) is 43.0 Å². The Morgan fingerprint density at radius 1 is 0.969 bits per heavy atom. The van der Waals surface area contributed by atoms with Gasteiger partial charge in [-0.05, 0) is 38.2 Å². The maximum atomic E-state index is 4.79. The lowest BCUT2D eigenvalue weighted by atomic mass is 10.1. The summed E-state index contributed by atoms with van der Waals surface area (Å²) in [6.45, 7) is 6.89. The highest BCUT2D eigenvalue weighted by molar-refractivity contribution is 5.84. The van der Waals surface area contributed by atoms with Gasteiger partial charge in [0.25, 0.3) is 0 Å². The van der Waals surface area contributed by atoms with E-state index in [1.54, 1.807) is 12.5 Å². The molecule has 0 spiro atoms. The molecule has 3 aromatic heterocycles. The molecule has 0 bridgehead atoms. The number of aromatic nitrogens is 6. The summed E-state index contributed by atoms with van der Waals surface area (Å²) in [5, 5.41) is 3.41. The van der Waals surface area contributed by atoms with Crippen LogP contribution in [-0.4, -0.2) is 74.6 Å². The molecule has 164 valence electrons. The quantitative estimate of drug-likeness (QED) is 0.482. The van der Waals surface area contributed by atoms with Crippen LogP contribution in [0.1, 0.15) is 11.4 Å². The molecule has 0 atom stereocenters. The molecule has 1 fully saturated rings. The smallest absolute Gasteiger partial charge is 0.183 e. The van der Waals surface area contributed by atoms with E-state index in [1.807, 2.05) is 13.1 Å². The molecule has 0 unspecified atom stereocenters. The first-order valence-corrected chi connectivity index (χ1v) is 10.9. The zero-order valence-corrected chi connectivity index (χ0v) is 18.4. The van der Waals surface area contributed by atoms with E-state index < -0.39 is 0 Å². The number of hydrogen-bond acceptors (Lipinski definition) is 8. The van der Waals surface area contributed by atoms with E-state index in [1.165, 1.54) is 5.69 Å². The average Bonchev–Trinajstić information content (AvgIpc) is 3.30. The van der Waals surface area contributed by atoms with Crippen LogP contribution in [0.5, 0.6) is 0 Å². The Bertz CT molecular complexity index is 1180. The molecule has 32 heavy (non-hydrogen) atoms. The van der Waals surface area contributed by atoms with Crippen LogP contribution in [0.3, 0.4) is 0 Å². The Labute approximate surface area is 187 Å². The van der Waals surface area contributed by atoms with Gasteiger partial charge in [0.15, 0.2) is 17.3 Å². The van der Waals surface area contributed by atoms with Gasteiger partial charge in [-0.25, -0.2) is 15.0 Å². The average molecular weight is 430 g/mol. The maximum Gasteiger partial charge on any atom is 0.183 e. The molecule has 9 heteroatoms. The minimum atomic E-state index is 0.649. The number of nitrogens with one attached hydrogen (secondary N) is 2. The summed E-state index contributed by atoms with van der Waals surface area (Å²) in [6, 6.07) is 8.49. The lowest BCUT2D eigenvalue weighted by molar-refractivity contribution is 0.313. The van der Waals surface area contributed by atoms with Crippen molar-refractivity contribution in [2.45, 2.75) is 13.3 Å². The van der Waals surface area contributed by atoms with Gasteiger partial charge in [-0.15, -0.1) is 0 Å². The van der Waals surface area contributed by atoms with Gasteiger partial charge in [-0.3, -0.25) is 9.97 Å². The molecule has 1 aromatic carbocycles. The van der Waals surface area contributed by atoms with Crippen LogP contribution in [0, 0.1) is 6.92 Å². The summed E-state index contributed by atoms with van der Waals surface area (Å²) in [5.41, 5.74) is 5.52. The monoisotopic (exact) mass is 429 g/mol. The number of nitrogens with zero attached hydrogens (tertiary/aromatic N) is 7. The molecule has 4 aromatic rings. The molecular weight excluding hydrogens is 402 g/mol. The first kappa shape index (κ1) is 20.3. The predicted molar refractivity (Wildman–Crippen MR) is 126 cm³/mol. The van der Waals surface area contributed by atoms with Gasteiger partial charge < -0.3 is 20.1 Å². The van der Waals surface area contributed by atoms with Crippen LogP contribution in [0.25, 0.3) is 22.6 Å². The topological polar surface area (TPSA) is 98.8 Å². The fourth-order valence-corrected chi connectivity index (χ4v) is 3.83. The van der Waals surface area contributed by atoms with Crippen LogP contribution < -0.4 is 10.2 Å². The number of imidazole rings is 1. The predicted octanol–water partition coefficient (Wildman–Crippen LogP) is 2.52. The molecule has 1 aliphatic heterocycles. The van der Waals surface area contributed by atoms with E-state index in [2.05, 4.69) is 71.3 Å². The van der Waals surface area contributed by atoms with Gasteiger partial charge in [0, 0.05) is 62.8 Å². The highest BCUT2D eigenvalue weighted by atomic mass is 15.2. The third kappa shape index (κ3) is 4.38. The molecule has 2 N–H and O–H groups in total. The van der Waals surface area contributed by atoms with Gasteiger partial charge in [0.05, 0.1) is 17.7 Å². The summed E-state index contributed by atoms with van der Waals surface area (Å²) < 4.78 is 0. The van der Waals surface area contributed by atoms with Crippen LogP contribution in [-0.2, 0) is 6.42 Å². The van der Waals surface area contributed by atoms with E-state index in [4.69, 9.17) is 4.98 Å². The fourth-order valence-electron chi connectivity index (χ4n) is 3.83. The van der Waals surface area contributed by atoms with Gasteiger partial charge in [-0.2, -0.15) is 0 Å². The molecule has 9 nitrogen and oxygen atoms in total. The van der Waals surface area contributed by atoms with Crippen molar-refractivity contribution in [3.8, 4) is 11.4 Å². The van der Waals surface area contributed by atoms with Crippen LogP contribution >= 0.6 is 0 Å². The summed E-state index contributed by atoms with van der Waals surface area (Å²) in [4.78, 5) is 30.4.